The van der Waals surface area contributed by atoms with E-state index in [9.17, 15) is 4.91 Å². The van der Waals surface area contributed by atoms with Crippen molar-refractivity contribution in [1.29, 1.82) is 0 Å². The van der Waals surface area contributed by atoms with Crippen molar-refractivity contribution in [1.82, 2.24) is 0 Å². The van der Waals surface area contributed by atoms with E-state index in [1.807, 2.05) is 0 Å². The first kappa shape index (κ1) is 8.60. The summed E-state index contributed by atoms with van der Waals surface area (Å²) in [6.45, 7) is 4.74. The van der Waals surface area contributed by atoms with Gasteiger partial charge in [0.1, 0.15) is 0 Å². The monoisotopic (exact) mass is 129 g/mol. The molecular formula is C7H15NO. The van der Waals surface area contributed by atoms with Gasteiger partial charge in [-0.15, -0.1) is 0 Å². The highest BCUT2D eigenvalue weighted by Gasteiger charge is 2.02. The van der Waals surface area contributed by atoms with E-state index in [0.717, 1.165) is 19.3 Å². The minimum absolute atomic E-state index is 0.504. The average molecular weight is 129 g/mol. The molecule has 0 radical (unpaired) electrons. The summed E-state index contributed by atoms with van der Waals surface area (Å²) >= 11 is 0. The first-order valence-electron chi connectivity index (χ1n) is 3.64. The molecule has 0 heterocycles. The molecule has 1 atom stereocenters. The van der Waals surface area contributed by atoms with Gasteiger partial charge in [-0.25, -0.2) is 0 Å². The maximum Gasteiger partial charge on any atom is 0.0839 e. The highest BCUT2D eigenvalue weighted by molar-refractivity contribution is 4.57. The molecule has 0 N–H and O–H groups in total. The van der Waals surface area contributed by atoms with Gasteiger partial charge in [-0.05, 0) is 12.3 Å². The fraction of sp³-hybridized carbons (Fsp3) is 1.00. The van der Waals surface area contributed by atoms with Crippen molar-refractivity contribution >= 4 is 0 Å². The Balaban J connectivity index is 3.28. The second kappa shape index (κ2) is 5.73. The van der Waals surface area contributed by atoms with E-state index in [1.54, 1.807) is 0 Å². The van der Waals surface area contributed by atoms with Crippen LogP contribution in [0.5, 0.6) is 0 Å². The highest BCUT2D eigenvalue weighted by Crippen LogP contribution is 2.09. The van der Waals surface area contributed by atoms with Crippen LogP contribution in [-0.2, 0) is 0 Å². The molecule has 0 amide bonds. The Morgan fingerprint density at radius 3 is 2.44 bits per heavy atom. The smallest absolute Gasteiger partial charge is 0.0839 e. The zero-order valence-corrected chi connectivity index (χ0v) is 6.26. The zero-order chi connectivity index (χ0) is 7.11. The van der Waals surface area contributed by atoms with Crippen LogP contribution in [-0.4, -0.2) is 6.54 Å². The van der Waals surface area contributed by atoms with Crippen molar-refractivity contribution < 1.29 is 0 Å². The molecule has 0 rings (SSSR count). The minimum atomic E-state index is 0.504. The SMILES string of the molecule is CCC[C@@H](CC)CN=O. The maximum absolute atomic E-state index is 9.80. The topological polar surface area (TPSA) is 29.4 Å². The molecule has 2 nitrogen and oxygen atoms in total. The van der Waals surface area contributed by atoms with Crippen LogP contribution in [0.1, 0.15) is 33.1 Å². The van der Waals surface area contributed by atoms with E-state index in [0.29, 0.717) is 12.5 Å². The maximum atomic E-state index is 9.80. The van der Waals surface area contributed by atoms with Crippen LogP contribution in [0, 0.1) is 10.8 Å². The van der Waals surface area contributed by atoms with Crippen LogP contribution >= 0.6 is 0 Å². The van der Waals surface area contributed by atoms with Gasteiger partial charge in [-0.1, -0.05) is 31.9 Å². The molecule has 0 spiro atoms. The summed E-state index contributed by atoms with van der Waals surface area (Å²) in [6.07, 6.45) is 3.38. The normalized spacial score (nSPS) is 13.1. The van der Waals surface area contributed by atoms with Crippen LogP contribution in [0.3, 0.4) is 0 Å². The molecule has 0 aromatic rings. The van der Waals surface area contributed by atoms with E-state index < -0.39 is 0 Å². The zero-order valence-electron chi connectivity index (χ0n) is 6.26. The van der Waals surface area contributed by atoms with Crippen molar-refractivity contribution in [3.63, 3.8) is 0 Å². The van der Waals surface area contributed by atoms with Crippen LogP contribution in [0.15, 0.2) is 5.18 Å². The second-order valence-electron chi connectivity index (χ2n) is 2.37. The summed E-state index contributed by atoms with van der Waals surface area (Å²) in [5.41, 5.74) is 0. The van der Waals surface area contributed by atoms with Gasteiger partial charge in [0.05, 0.1) is 6.54 Å². The van der Waals surface area contributed by atoms with Crippen molar-refractivity contribution in [3.05, 3.63) is 4.91 Å². The first-order chi connectivity index (χ1) is 4.35. The third kappa shape index (κ3) is 4.13. The fourth-order valence-electron chi connectivity index (χ4n) is 0.938. The molecule has 0 aromatic heterocycles. The minimum Gasteiger partial charge on any atom is -0.151 e. The Morgan fingerprint density at radius 1 is 1.44 bits per heavy atom. The van der Waals surface area contributed by atoms with Crippen molar-refractivity contribution in [3.8, 4) is 0 Å². The number of nitrogens with zero attached hydrogens (tertiary/aromatic N) is 1. The summed E-state index contributed by atoms with van der Waals surface area (Å²) in [5, 5.41) is 2.88. The lowest BCUT2D eigenvalue weighted by molar-refractivity contribution is 0.475. The summed E-state index contributed by atoms with van der Waals surface area (Å²) in [4.78, 5) is 9.80. The van der Waals surface area contributed by atoms with Crippen LogP contribution < -0.4 is 0 Å². The summed E-state index contributed by atoms with van der Waals surface area (Å²) in [7, 11) is 0. The van der Waals surface area contributed by atoms with Crippen LogP contribution in [0.2, 0.25) is 0 Å². The molecule has 9 heavy (non-hydrogen) atoms. The molecule has 0 aliphatic carbocycles. The van der Waals surface area contributed by atoms with Crippen molar-refractivity contribution in [2.24, 2.45) is 11.1 Å². The Bertz CT molecular complexity index is 73.3. The lowest BCUT2D eigenvalue weighted by atomic mass is 10.0. The molecule has 0 bridgehead atoms. The highest BCUT2D eigenvalue weighted by atomic mass is 16.3. The number of nitroso groups, excluding NO2 is 1. The quantitative estimate of drug-likeness (QED) is 0.524. The summed E-state index contributed by atoms with van der Waals surface area (Å²) < 4.78 is 0. The third-order valence-corrected chi connectivity index (χ3v) is 1.61. The van der Waals surface area contributed by atoms with E-state index in [2.05, 4.69) is 19.0 Å². The third-order valence-electron chi connectivity index (χ3n) is 1.61. The van der Waals surface area contributed by atoms with Crippen molar-refractivity contribution in [2.45, 2.75) is 33.1 Å². The van der Waals surface area contributed by atoms with Gasteiger partial charge in [-0.2, -0.15) is 4.91 Å². The lowest BCUT2D eigenvalue weighted by Gasteiger charge is -2.06. The Morgan fingerprint density at radius 2 is 2.11 bits per heavy atom. The molecule has 0 unspecified atom stereocenters. The Kier molecular flexibility index (Phi) is 5.48. The number of hydrogen-bond donors (Lipinski definition) is 0. The average Bonchev–Trinajstić information content (AvgIpc) is 1.88. The van der Waals surface area contributed by atoms with Gasteiger partial charge in [0, 0.05) is 0 Å². The molecule has 0 aromatic carbocycles. The Labute approximate surface area is 56.6 Å². The molecule has 0 aliphatic heterocycles. The molecule has 0 saturated heterocycles. The summed E-state index contributed by atoms with van der Waals surface area (Å²) in [6, 6.07) is 0. The fourth-order valence-corrected chi connectivity index (χ4v) is 0.938. The predicted octanol–water partition coefficient (Wildman–Crippen LogP) is 2.58. The first-order valence-corrected chi connectivity index (χ1v) is 3.64. The standard InChI is InChI=1S/C7H15NO/c1-3-5-7(4-2)6-8-9/h7H,3-6H2,1-2H3/t7-/m1/s1. The largest absolute Gasteiger partial charge is 0.151 e. The van der Waals surface area contributed by atoms with Crippen LogP contribution in [0.4, 0.5) is 0 Å². The molecule has 0 aliphatic rings. The van der Waals surface area contributed by atoms with Gasteiger partial charge in [-0.3, -0.25) is 0 Å². The molecule has 0 saturated carbocycles. The Hall–Kier alpha value is -0.400. The summed E-state index contributed by atoms with van der Waals surface area (Å²) in [5.74, 6) is 0.535. The van der Waals surface area contributed by atoms with Gasteiger partial charge < -0.3 is 0 Å². The van der Waals surface area contributed by atoms with E-state index in [4.69, 9.17) is 0 Å². The second-order valence-corrected chi connectivity index (χ2v) is 2.37. The van der Waals surface area contributed by atoms with E-state index >= 15 is 0 Å². The lowest BCUT2D eigenvalue weighted by Crippen LogP contribution is -2.01. The van der Waals surface area contributed by atoms with Gasteiger partial charge in [0.25, 0.3) is 0 Å². The molecule has 0 fully saturated rings. The predicted molar refractivity (Wildman–Crippen MR) is 39.4 cm³/mol. The van der Waals surface area contributed by atoms with Crippen LogP contribution in [0.25, 0.3) is 0 Å². The van der Waals surface area contributed by atoms with E-state index in [-0.39, 0.29) is 0 Å². The number of hydrogen-bond acceptors (Lipinski definition) is 2. The van der Waals surface area contributed by atoms with Gasteiger partial charge in [0.15, 0.2) is 0 Å². The molecule has 2 heteroatoms. The number of rotatable bonds is 5. The van der Waals surface area contributed by atoms with E-state index in [1.165, 1.54) is 0 Å². The molecule has 54 valence electrons. The molecular weight excluding hydrogens is 114 g/mol. The van der Waals surface area contributed by atoms with Crippen molar-refractivity contribution in [2.75, 3.05) is 6.54 Å². The van der Waals surface area contributed by atoms with Gasteiger partial charge >= 0.3 is 0 Å². The van der Waals surface area contributed by atoms with Gasteiger partial charge in [0.2, 0.25) is 0 Å².